The summed E-state index contributed by atoms with van der Waals surface area (Å²) in [5, 5.41) is 6.11. The quantitative estimate of drug-likeness (QED) is 0.787. The van der Waals surface area contributed by atoms with Gasteiger partial charge in [0.1, 0.15) is 0 Å². The van der Waals surface area contributed by atoms with Crippen LogP contribution in [0.5, 0.6) is 0 Å². The van der Waals surface area contributed by atoms with Crippen LogP contribution in [0.15, 0.2) is 5.38 Å². The van der Waals surface area contributed by atoms with Crippen LogP contribution in [0.4, 0.5) is 0 Å². The zero-order chi connectivity index (χ0) is 15.1. The average molecular weight is 309 g/mol. The molecule has 0 radical (unpaired) electrons. The van der Waals surface area contributed by atoms with Gasteiger partial charge < -0.3 is 10.2 Å². The van der Waals surface area contributed by atoms with Crippen molar-refractivity contribution in [1.29, 1.82) is 0 Å². The maximum atomic E-state index is 11.9. The molecular formula is C16H27N3OS. The molecule has 5 heteroatoms. The Morgan fingerprint density at radius 1 is 1.57 bits per heavy atom. The SMILES string of the molecule is CCc1nc(CC(=O)NCCCN2CCCC(C)C2)cs1. The maximum Gasteiger partial charge on any atom is 0.226 e. The molecule has 0 spiro atoms. The second kappa shape index (κ2) is 8.49. The molecule has 4 nitrogen and oxygen atoms in total. The molecule has 1 saturated heterocycles. The number of aromatic nitrogens is 1. The molecule has 1 N–H and O–H groups in total. The van der Waals surface area contributed by atoms with Gasteiger partial charge in [0.05, 0.1) is 17.1 Å². The van der Waals surface area contributed by atoms with Crippen molar-refractivity contribution in [2.45, 2.75) is 46.0 Å². The van der Waals surface area contributed by atoms with Crippen molar-refractivity contribution in [3.8, 4) is 0 Å². The highest BCUT2D eigenvalue weighted by molar-refractivity contribution is 7.09. The van der Waals surface area contributed by atoms with Crippen LogP contribution in [-0.4, -0.2) is 42.0 Å². The van der Waals surface area contributed by atoms with Gasteiger partial charge in [0.25, 0.3) is 0 Å². The summed E-state index contributed by atoms with van der Waals surface area (Å²) in [6.07, 6.45) is 5.07. The van der Waals surface area contributed by atoms with Gasteiger partial charge in [-0.15, -0.1) is 11.3 Å². The Labute approximate surface area is 132 Å². The molecule has 1 aromatic heterocycles. The van der Waals surface area contributed by atoms with E-state index < -0.39 is 0 Å². The lowest BCUT2D eigenvalue weighted by Gasteiger charge is -2.30. The third-order valence-corrected chi connectivity index (χ3v) is 5.00. The third-order valence-electron chi connectivity index (χ3n) is 3.96. The molecule has 1 amide bonds. The number of aryl methyl sites for hydroxylation is 1. The number of hydrogen-bond donors (Lipinski definition) is 1. The van der Waals surface area contributed by atoms with E-state index in [4.69, 9.17) is 0 Å². The van der Waals surface area contributed by atoms with E-state index in [9.17, 15) is 4.79 Å². The molecule has 1 aromatic rings. The number of carbonyl (C=O) groups excluding carboxylic acids is 1. The number of hydrogen-bond acceptors (Lipinski definition) is 4. The Morgan fingerprint density at radius 2 is 2.43 bits per heavy atom. The molecule has 0 aliphatic carbocycles. The second-order valence-electron chi connectivity index (χ2n) is 6.01. The van der Waals surface area contributed by atoms with Crippen LogP contribution in [0.1, 0.15) is 43.8 Å². The Balaban J connectivity index is 1.58. The first-order chi connectivity index (χ1) is 10.2. The predicted molar refractivity (Wildman–Crippen MR) is 87.7 cm³/mol. The number of carbonyl (C=O) groups is 1. The van der Waals surface area contributed by atoms with Crippen LogP contribution in [0.25, 0.3) is 0 Å². The molecular weight excluding hydrogens is 282 g/mol. The average Bonchev–Trinajstić information content (AvgIpc) is 2.91. The zero-order valence-corrected chi connectivity index (χ0v) is 14.0. The number of rotatable bonds is 7. The summed E-state index contributed by atoms with van der Waals surface area (Å²) in [5.41, 5.74) is 0.902. The van der Waals surface area contributed by atoms with E-state index >= 15 is 0 Å². The van der Waals surface area contributed by atoms with Crippen molar-refractivity contribution in [3.05, 3.63) is 16.1 Å². The molecule has 2 rings (SSSR count). The Bertz CT molecular complexity index is 446. The number of thiazole rings is 1. The van der Waals surface area contributed by atoms with E-state index in [-0.39, 0.29) is 5.91 Å². The highest BCUT2D eigenvalue weighted by atomic mass is 32.1. The number of likely N-dealkylation sites (tertiary alicyclic amines) is 1. The van der Waals surface area contributed by atoms with Gasteiger partial charge in [-0.3, -0.25) is 4.79 Å². The summed E-state index contributed by atoms with van der Waals surface area (Å²) >= 11 is 1.64. The fourth-order valence-corrected chi connectivity index (χ4v) is 3.58. The minimum Gasteiger partial charge on any atom is -0.356 e. The largest absolute Gasteiger partial charge is 0.356 e. The first kappa shape index (κ1) is 16.4. The summed E-state index contributed by atoms with van der Waals surface area (Å²) in [5.74, 6) is 0.917. The summed E-state index contributed by atoms with van der Waals surface area (Å²) in [6, 6.07) is 0. The van der Waals surface area contributed by atoms with E-state index in [0.717, 1.165) is 42.6 Å². The van der Waals surface area contributed by atoms with E-state index in [1.807, 2.05) is 5.38 Å². The molecule has 118 valence electrons. The molecule has 1 fully saturated rings. The predicted octanol–water partition coefficient (Wildman–Crippen LogP) is 2.49. The molecule has 2 heterocycles. The highest BCUT2D eigenvalue weighted by Gasteiger charge is 2.15. The van der Waals surface area contributed by atoms with Crippen molar-refractivity contribution >= 4 is 17.2 Å². The number of nitrogens with zero attached hydrogens (tertiary/aromatic N) is 2. The fraction of sp³-hybridized carbons (Fsp3) is 0.750. The van der Waals surface area contributed by atoms with Crippen LogP contribution in [0.3, 0.4) is 0 Å². The molecule has 1 atom stereocenters. The first-order valence-electron chi connectivity index (χ1n) is 8.09. The van der Waals surface area contributed by atoms with Gasteiger partial charge in [0.2, 0.25) is 5.91 Å². The Hall–Kier alpha value is -0.940. The van der Waals surface area contributed by atoms with E-state index in [1.54, 1.807) is 11.3 Å². The number of nitrogens with one attached hydrogen (secondary N) is 1. The van der Waals surface area contributed by atoms with Crippen LogP contribution in [0.2, 0.25) is 0 Å². The molecule has 0 saturated carbocycles. The van der Waals surface area contributed by atoms with Gasteiger partial charge in [-0.1, -0.05) is 13.8 Å². The van der Waals surface area contributed by atoms with Crippen LogP contribution < -0.4 is 5.32 Å². The Kier molecular flexibility index (Phi) is 6.64. The summed E-state index contributed by atoms with van der Waals surface area (Å²) < 4.78 is 0. The van der Waals surface area contributed by atoms with Gasteiger partial charge in [0.15, 0.2) is 0 Å². The van der Waals surface area contributed by atoms with Gasteiger partial charge in [-0.25, -0.2) is 4.98 Å². The van der Waals surface area contributed by atoms with E-state index in [2.05, 4.69) is 29.0 Å². The minimum atomic E-state index is 0.0926. The molecule has 1 aliphatic heterocycles. The smallest absolute Gasteiger partial charge is 0.226 e. The molecule has 0 aromatic carbocycles. The number of piperidine rings is 1. The lowest BCUT2D eigenvalue weighted by Crippen LogP contribution is -2.36. The molecule has 1 aliphatic rings. The van der Waals surface area contributed by atoms with Crippen LogP contribution in [0, 0.1) is 5.92 Å². The molecule has 0 bridgehead atoms. The van der Waals surface area contributed by atoms with Gasteiger partial charge in [-0.05, 0) is 44.7 Å². The summed E-state index contributed by atoms with van der Waals surface area (Å²) in [6.45, 7) is 8.72. The summed E-state index contributed by atoms with van der Waals surface area (Å²) in [4.78, 5) is 18.8. The highest BCUT2D eigenvalue weighted by Crippen LogP contribution is 2.15. The monoisotopic (exact) mass is 309 g/mol. The minimum absolute atomic E-state index is 0.0926. The first-order valence-corrected chi connectivity index (χ1v) is 8.97. The second-order valence-corrected chi connectivity index (χ2v) is 6.96. The van der Waals surface area contributed by atoms with Gasteiger partial charge >= 0.3 is 0 Å². The van der Waals surface area contributed by atoms with E-state index in [1.165, 1.54) is 25.9 Å². The van der Waals surface area contributed by atoms with E-state index in [0.29, 0.717) is 6.42 Å². The van der Waals surface area contributed by atoms with Crippen LogP contribution in [-0.2, 0) is 17.6 Å². The topological polar surface area (TPSA) is 45.2 Å². The van der Waals surface area contributed by atoms with Crippen molar-refractivity contribution in [2.75, 3.05) is 26.2 Å². The zero-order valence-electron chi connectivity index (χ0n) is 13.2. The third kappa shape index (κ3) is 5.75. The lowest BCUT2D eigenvalue weighted by atomic mass is 10.0. The van der Waals surface area contributed by atoms with Gasteiger partial charge in [-0.2, -0.15) is 0 Å². The van der Waals surface area contributed by atoms with Crippen molar-refractivity contribution in [3.63, 3.8) is 0 Å². The maximum absolute atomic E-state index is 11.9. The van der Waals surface area contributed by atoms with Crippen molar-refractivity contribution in [1.82, 2.24) is 15.2 Å². The molecule has 21 heavy (non-hydrogen) atoms. The van der Waals surface area contributed by atoms with Crippen LogP contribution >= 0.6 is 11.3 Å². The van der Waals surface area contributed by atoms with Crippen molar-refractivity contribution < 1.29 is 4.79 Å². The standard InChI is InChI=1S/C16H27N3OS/c1-3-16-18-14(12-21-16)10-15(20)17-7-5-9-19-8-4-6-13(2)11-19/h12-13H,3-11H2,1-2H3,(H,17,20). The van der Waals surface area contributed by atoms with Crippen molar-refractivity contribution in [2.24, 2.45) is 5.92 Å². The Morgan fingerprint density at radius 3 is 3.14 bits per heavy atom. The fourth-order valence-electron chi connectivity index (χ4n) is 2.84. The summed E-state index contributed by atoms with van der Waals surface area (Å²) in [7, 11) is 0. The normalized spacial score (nSPS) is 19.6. The molecule has 1 unspecified atom stereocenters. The lowest BCUT2D eigenvalue weighted by molar-refractivity contribution is -0.120. The number of amides is 1. The van der Waals surface area contributed by atoms with Gasteiger partial charge in [0, 0.05) is 18.5 Å².